The van der Waals surface area contributed by atoms with Crippen LogP contribution in [0.1, 0.15) is 22.2 Å². The lowest BCUT2D eigenvalue weighted by atomic mass is 9.99. The van der Waals surface area contributed by atoms with Crippen LogP contribution in [0.15, 0.2) is 52.0 Å². The highest BCUT2D eigenvalue weighted by molar-refractivity contribution is 5.94. The minimum absolute atomic E-state index is 0.0154. The molecule has 1 fully saturated rings. The van der Waals surface area contributed by atoms with E-state index in [9.17, 15) is 9.59 Å². The number of carbonyl (C=O) groups excluding carboxylic acids is 1. The number of hydrogen-bond acceptors (Lipinski definition) is 6. The number of likely N-dealkylation sites (tertiary alicyclic amines) is 1. The summed E-state index contributed by atoms with van der Waals surface area (Å²) in [5.74, 6) is 0.825. The maximum Gasteiger partial charge on any atom is 0.255 e. The Labute approximate surface area is 136 Å². The Hall–Kier alpha value is -3.29. The van der Waals surface area contributed by atoms with Crippen LogP contribution in [0.4, 0.5) is 0 Å². The first kappa shape index (κ1) is 14.3. The van der Waals surface area contributed by atoms with Crippen molar-refractivity contribution in [1.29, 1.82) is 0 Å². The molecule has 1 saturated heterocycles. The minimum atomic E-state index is -0.235. The molecule has 1 aliphatic heterocycles. The van der Waals surface area contributed by atoms with Crippen molar-refractivity contribution >= 4 is 5.91 Å². The van der Waals surface area contributed by atoms with Gasteiger partial charge in [-0.3, -0.25) is 14.6 Å². The van der Waals surface area contributed by atoms with Crippen LogP contribution in [0.3, 0.4) is 0 Å². The van der Waals surface area contributed by atoms with E-state index in [0.717, 1.165) is 0 Å². The van der Waals surface area contributed by atoms with Gasteiger partial charge >= 0.3 is 0 Å². The van der Waals surface area contributed by atoms with Crippen LogP contribution in [-0.2, 0) is 0 Å². The van der Waals surface area contributed by atoms with Gasteiger partial charge in [0.15, 0.2) is 0 Å². The normalized spacial score (nSPS) is 14.4. The average molecular weight is 323 g/mol. The van der Waals surface area contributed by atoms with E-state index in [1.165, 1.54) is 18.3 Å². The largest absolute Gasteiger partial charge is 0.338 e. The summed E-state index contributed by atoms with van der Waals surface area (Å²) in [7, 11) is 0. The van der Waals surface area contributed by atoms with Crippen molar-refractivity contribution in [2.75, 3.05) is 13.1 Å². The predicted octanol–water partition coefficient (Wildman–Crippen LogP) is 1.06. The van der Waals surface area contributed by atoms with Gasteiger partial charge < -0.3 is 14.4 Å². The zero-order valence-corrected chi connectivity index (χ0v) is 12.5. The van der Waals surface area contributed by atoms with Crippen LogP contribution in [0.5, 0.6) is 0 Å². The summed E-state index contributed by atoms with van der Waals surface area (Å²) in [6, 6.07) is 8.33. The second-order valence-corrected chi connectivity index (χ2v) is 5.52. The van der Waals surface area contributed by atoms with Crippen LogP contribution < -0.4 is 5.56 Å². The maximum absolute atomic E-state index is 12.3. The Morgan fingerprint density at radius 3 is 2.83 bits per heavy atom. The lowest BCUT2D eigenvalue weighted by molar-refractivity contribution is 0.0568. The van der Waals surface area contributed by atoms with Crippen LogP contribution >= 0.6 is 0 Å². The fourth-order valence-corrected chi connectivity index (χ4v) is 2.53. The number of carbonyl (C=O) groups is 1. The van der Waals surface area contributed by atoms with Crippen molar-refractivity contribution in [3.63, 3.8) is 0 Å². The van der Waals surface area contributed by atoms with Crippen LogP contribution in [0, 0.1) is 0 Å². The summed E-state index contributed by atoms with van der Waals surface area (Å²) < 4.78 is 5.29. The van der Waals surface area contributed by atoms with Crippen molar-refractivity contribution < 1.29 is 9.32 Å². The van der Waals surface area contributed by atoms with Crippen molar-refractivity contribution in [3.05, 3.63) is 64.5 Å². The number of amides is 1. The molecular formula is C16H13N5O3. The summed E-state index contributed by atoms with van der Waals surface area (Å²) in [6.07, 6.45) is 3.09. The molecule has 4 heterocycles. The van der Waals surface area contributed by atoms with E-state index in [4.69, 9.17) is 4.52 Å². The Morgan fingerprint density at radius 1 is 1.25 bits per heavy atom. The lowest BCUT2D eigenvalue weighted by Gasteiger charge is -2.37. The molecule has 3 aromatic heterocycles. The van der Waals surface area contributed by atoms with Crippen LogP contribution in [0.2, 0.25) is 0 Å². The van der Waals surface area contributed by atoms with E-state index in [1.54, 1.807) is 17.2 Å². The maximum atomic E-state index is 12.3. The molecule has 0 unspecified atom stereocenters. The second-order valence-electron chi connectivity index (χ2n) is 5.52. The third kappa shape index (κ3) is 2.58. The Morgan fingerprint density at radius 2 is 2.12 bits per heavy atom. The Balaban J connectivity index is 1.43. The SMILES string of the molecule is O=C(c1ccc(=O)[nH]c1)N1CC(c2nc(-c3ccccn3)no2)C1. The van der Waals surface area contributed by atoms with Gasteiger partial charge in [-0.25, -0.2) is 0 Å². The van der Waals surface area contributed by atoms with Crippen molar-refractivity contribution in [3.8, 4) is 11.5 Å². The van der Waals surface area contributed by atoms with Gasteiger partial charge in [-0.2, -0.15) is 4.98 Å². The number of nitrogens with zero attached hydrogens (tertiary/aromatic N) is 4. The third-order valence-corrected chi connectivity index (χ3v) is 3.88. The van der Waals surface area contributed by atoms with Gasteiger partial charge in [0.1, 0.15) is 5.69 Å². The molecule has 1 aliphatic rings. The van der Waals surface area contributed by atoms with E-state index >= 15 is 0 Å². The summed E-state index contributed by atoms with van der Waals surface area (Å²) >= 11 is 0. The van der Waals surface area contributed by atoms with Gasteiger partial charge in [0.2, 0.25) is 17.3 Å². The topological polar surface area (TPSA) is 105 Å². The number of nitrogens with one attached hydrogen (secondary N) is 1. The number of H-pyrrole nitrogens is 1. The first-order valence-corrected chi connectivity index (χ1v) is 7.44. The van der Waals surface area contributed by atoms with Crippen LogP contribution in [-0.4, -0.2) is 44.0 Å². The van der Waals surface area contributed by atoms with E-state index in [2.05, 4.69) is 20.1 Å². The smallest absolute Gasteiger partial charge is 0.255 e. The third-order valence-electron chi connectivity index (χ3n) is 3.88. The van der Waals surface area contributed by atoms with Gasteiger partial charge in [-0.1, -0.05) is 11.2 Å². The van der Waals surface area contributed by atoms with Crippen molar-refractivity contribution in [2.24, 2.45) is 0 Å². The molecule has 0 spiro atoms. The molecule has 24 heavy (non-hydrogen) atoms. The van der Waals surface area contributed by atoms with Crippen molar-refractivity contribution in [1.82, 2.24) is 25.0 Å². The van der Waals surface area contributed by atoms with E-state index < -0.39 is 0 Å². The first-order valence-electron chi connectivity index (χ1n) is 7.44. The first-order chi connectivity index (χ1) is 11.7. The summed E-state index contributed by atoms with van der Waals surface area (Å²) in [5.41, 5.74) is 0.863. The number of pyridine rings is 2. The number of rotatable bonds is 3. The zero-order chi connectivity index (χ0) is 16.5. The van der Waals surface area contributed by atoms with E-state index in [0.29, 0.717) is 36.1 Å². The average Bonchev–Trinajstić information content (AvgIpc) is 3.04. The second kappa shape index (κ2) is 5.73. The zero-order valence-electron chi connectivity index (χ0n) is 12.5. The molecule has 1 N–H and O–H groups in total. The monoisotopic (exact) mass is 323 g/mol. The van der Waals surface area contributed by atoms with Gasteiger partial charge in [-0.05, 0) is 18.2 Å². The molecule has 8 nitrogen and oxygen atoms in total. The van der Waals surface area contributed by atoms with E-state index in [-0.39, 0.29) is 17.4 Å². The highest BCUT2D eigenvalue weighted by Crippen LogP contribution is 2.28. The standard InChI is InChI=1S/C16H13N5O3/c22-13-5-4-10(7-18-13)16(23)21-8-11(9-21)15-19-14(20-24-15)12-3-1-2-6-17-12/h1-7,11H,8-9H2,(H,18,22). The van der Waals surface area contributed by atoms with Gasteiger partial charge in [0.05, 0.1) is 11.5 Å². The fraction of sp³-hybridized carbons (Fsp3) is 0.188. The molecule has 0 aromatic carbocycles. The molecule has 0 saturated carbocycles. The molecule has 0 atom stereocenters. The number of aromatic amines is 1. The predicted molar refractivity (Wildman–Crippen MR) is 83.2 cm³/mol. The minimum Gasteiger partial charge on any atom is -0.338 e. The Bertz CT molecular complexity index is 908. The summed E-state index contributed by atoms with van der Waals surface area (Å²) in [6.45, 7) is 1.00. The van der Waals surface area contributed by atoms with Crippen molar-refractivity contribution in [2.45, 2.75) is 5.92 Å². The molecule has 4 rings (SSSR count). The van der Waals surface area contributed by atoms with Gasteiger partial charge in [0, 0.05) is 31.5 Å². The summed E-state index contributed by atoms with van der Waals surface area (Å²) in [5, 5.41) is 3.94. The van der Waals surface area contributed by atoms with E-state index in [1.807, 2.05) is 12.1 Å². The Kier molecular flexibility index (Phi) is 3.42. The molecule has 1 amide bonds. The molecule has 0 radical (unpaired) electrons. The number of aromatic nitrogens is 4. The van der Waals surface area contributed by atoms with Crippen LogP contribution in [0.25, 0.3) is 11.5 Å². The highest BCUT2D eigenvalue weighted by Gasteiger charge is 2.36. The molecule has 8 heteroatoms. The molecule has 0 bridgehead atoms. The lowest BCUT2D eigenvalue weighted by Crippen LogP contribution is -2.48. The quantitative estimate of drug-likeness (QED) is 0.772. The number of hydrogen-bond donors (Lipinski definition) is 1. The molecule has 120 valence electrons. The summed E-state index contributed by atoms with van der Waals surface area (Å²) in [4.78, 5) is 36.0. The van der Waals surface area contributed by atoms with Gasteiger partial charge in [-0.15, -0.1) is 0 Å². The van der Waals surface area contributed by atoms with Gasteiger partial charge in [0.25, 0.3) is 5.91 Å². The molecular weight excluding hydrogens is 310 g/mol. The molecule has 3 aromatic rings. The fourth-order valence-electron chi connectivity index (χ4n) is 2.53. The highest BCUT2D eigenvalue weighted by atomic mass is 16.5. The molecule has 0 aliphatic carbocycles.